The van der Waals surface area contributed by atoms with Crippen molar-refractivity contribution in [1.29, 1.82) is 0 Å². The van der Waals surface area contributed by atoms with Gasteiger partial charge in [0.1, 0.15) is 5.41 Å². The normalized spacial score (nSPS) is 16.9. The summed E-state index contributed by atoms with van der Waals surface area (Å²) in [5.74, 6) is -0.00769. The Bertz CT molecular complexity index is 1260. The minimum absolute atomic E-state index is 0.00769. The number of hydrogen-bond acceptors (Lipinski definition) is 3. The maximum atomic E-state index is 13.5. The standard InChI is InChI=1S/C28H24BrN3O/c29-23-11-12-26-25(18-23)28(27(33)32-26,19-24-6-1-2-15-31-24)22-9-7-20(8-10-22)4-3-5-21-13-16-30-17-14-21/h1-2,6-18H,3-5,19H2,(H,32,33). The second kappa shape index (κ2) is 9.28. The number of carbonyl (C=O) groups excluding carboxylic acids is 1. The molecule has 0 aliphatic carbocycles. The maximum Gasteiger partial charge on any atom is 0.239 e. The Kier molecular flexibility index (Phi) is 6.05. The SMILES string of the molecule is O=C1Nc2ccc(Br)cc2C1(Cc1ccccn1)c1ccc(CCCc2ccncc2)cc1. The summed E-state index contributed by atoms with van der Waals surface area (Å²) in [6.45, 7) is 0. The van der Waals surface area contributed by atoms with E-state index in [1.807, 2.05) is 42.7 Å². The Morgan fingerprint density at radius 1 is 0.848 bits per heavy atom. The molecule has 33 heavy (non-hydrogen) atoms. The fraction of sp³-hybridized carbons (Fsp3) is 0.179. The first kappa shape index (κ1) is 21.5. The third kappa shape index (κ3) is 4.33. The topological polar surface area (TPSA) is 54.9 Å². The molecule has 5 heteroatoms. The molecule has 1 aliphatic rings. The molecule has 2 aromatic heterocycles. The van der Waals surface area contributed by atoms with Crippen LogP contribution in [-0.4, -0.2) is 15.9 Å². The number of halogens is 1. The average Bonchev–Trinajstić information content (AvgIpc) is 3.12. The van der Waals surface area contributed by atoms with E-state index in [1.54, 1.807) is 6.20 Å². The van der Waals surface area contributed by atoms with Gasteiger partial charge in [0.2, 0.25) is 5.91 Å². The van der Waals surface area contributed by atoms with Crippen LogP contribution in [0.2, 0.25) is 0 Å². The lowest BCUT2D eigenvalue weighted by Gasteiger charge is -2.28. The molecule has 2 aromatic carbocycles. The van der Waals surface area contributed by atoms with Gasteiger partial charge in [0, 0.05) is 40.9 Å². The summed E-state index contributed by atoms with van der Waals surface area (Å²) < 4.78 is 0.955. The second-order valence-corrected chi connectivity index (χ2v) is 9.37. The van der Waals surface area contributed by atoms with Crippen LogP contribution < -0.4 is 5.32 Å². The molecule has 0 spiro atoms. The monoisotopic (exact) mass is 497 g/mol. The second-order valence-electron chi connectivity index (χ2n) is 8.45. The quantitative estimate of drug-likeness (QED) is 0.346. The molecule has 1 unspecified atom stereocenters. The molecule has 5 rings (SSSR count). The molecule has 0 saturated heterocycles. The Morgan fingerprint density at radius 2 is 1.61 bits per heavy atom. The van der Waals surface area contributed by atoms with Gasteiger partial charge in [0.15, 0.2) is 0 Å². The van der Waals surface area contributed by atoms with Gasteiger partial charge in [0.05, 0.1) is 0 Å². The summed E-state index contributed by atoms with van der Waals surface area (Å²) in [6, 6.07) is 24.5. The predicted octanol–water partition coefficient (Wildman–Crippen LogP) is 5.90. The van der Waals surface area contributed by atoms with E-state index in [9.17, 15) is 4.79 Å². The number of amides is 1. The van der Waals surface area contributed by atoms with Crippen molar-refractivity contribution in [2.45, 2.75) is 31.1 Å². The van der Waals surface area contributed by atoms with Crippen LogP contribution in [0.1, 0.15) is 34.4 Å². The van der Waals surface area contributed by atoms with Gasteiger partial charge in [-0.05, 0) is 84.0 Å². The molecule has 4 aromatic rings. The fourth-order valence-corrected chi connectivity index (χ4v) is 5.03. The van der Waals surface area contributed by atoms with Gasteiger partial charge in [-0.25, -0.2) is 0 Å². The first-order valence-corrected chi connectivity index (χ1v) is 11.9. The lowest BCUT2D eigenvalue weighted by Crippen LogP contribution is -2.38. The van der Waals surface area contributed by atoms with Crippen LogP contribution >= 0.6 is 15.9 Å². The minimum atomic E-state index is -0.816. The number of anilines is 1. The molecule has 3 heterocycles. The van der Waals surface area contributed by atoms with Crippen molar-refractivity contribution < 1.29 is 4.79 Å². The number of aromatic nitrogens is 2. The minimum Gasteiger partial charge on any atom is -0.325 e. The number of pyridine rings is 2. The smallest absolute Gasteiger partial charge is 0.239 e. The van der Waals surface area contributed by atoms with E-state index in [0.29, 0.717) is 6.42 Å². The molecule has 0 saturated carbocycles. The zero-order valence-electron chi connectivity index (χ0n) is 18.2. The van der Waals surface area contributed by atoms with E-state index in [1.165, 1.54) is 11.1 Å². The molecule has 1 aliphatic heterocycles. The number of hydrogen-bond donors (Lipinski definition) is 1. The van der Waals surface area contributed by atoms with E-state index in [4.69, 9.17) is 0 Å². The Balaban J connectivity index is 1.45. The molecule has 164 valence electrons. The van der Waals surface area contributed by atoms with Crippen molar-refractivity contribution in [2.75, 3.05) is 5.32 Å². The van der Waals surface area contributed by atoms with Gasteiger partial charge in [-0.15, -0.1) is 0 Å². The van der Waals surface area contributed by atoms with Crippen molar-refractivity contribution in [3.05, 3.63) is 124 Å². The summed E-state index contributed by atoms with van der Waals surface area (Å²) in [5, 5.41) is 3.11. The van der Waals surface area contributed by atoms with Gasteiger partial charge in [-0.2, -0.15) is 0 Å². The molecular weight excluding hydrogens is 474 g/mol. The van der Waals surface area contributed by atoms with E-state index < -0.39 is 5.41 Å². The van der Waals surface area contributed by atoms with Crippen LogP contribution in [0.4, 0.5) is 5.69 Å². The van der Waals surface area contributed by atoms with E-state index in [2.05, 4.69) is 73.7 Å². The van der Waals surface area contributed by atoms with Crippen LogP contribution in [0.15, 0.2) is 95.9 Å². The van der Waals surface area contributed by atoms with Gasteiger partial charge >= 0.3 is 0 Å². The highest BCUT2D eigenvalue weighted by atomic mass is 79.9. The van der Waals surface area contributed by atoms with Gasteiger partial charge in [0.25, 0.3) is 0 Å². The predicted molar refractivity (Wildman–Crippen MR) is 134 cm³/mol. The Hall–Kier alpha value is -3.31. The zero-order valence-corrected chi connectivity index (χ0v) is 19.8. The van der Waals surface area contributed by atoms with E-state index in [0.717, 1.165) is 46.2 Å². The molecule has 4 nitrogen and oxygen atoms in total. The Morgan fingerprint density at radius 3 is 2.33 bits per heavy atom. The average molecular weight is 498 g/mol. The summed E-state index contributed by atoms with van der Waals surface area (Å²) in [7, 11) is 0. The summed E-state index contributed by atoms with van der Waals surface area (Å²) in [6.07, 6.45) is 9.05. The molecule has 1 amide bonds. The first-order chi connectivity index (χ1) is 16.1. The van der Waals surface area contributed by atoms with E-state index >= 15 is 0 Å². The molecule has 1 N–H and O–H groups in total. The summed E-state index contributed by atoms with van der Waals surface area (Å²) in [5.41, 5.74) is 5.48. The van der Waals surface area contributed by atoms with Crippen LogP contribution in [0.25, 0.3) is 0 Å². The number of aryl methyl sites for hydroxylation is 2. The first-order valence-electron chi connectivity index (χ1n) is 11.1. The number of benzene rings is 2. The largest absolute Gasteiger partial charge is 0.325 e. The van der Waals surface area contributed by atoms with Gasteiger partial charge < -0.3 is 5.32 Å². The summed E-state index contributed by atoms with van der Waals surface area (Å²) >= 11 is 3.60. The number of rotatable bonds is 7. The lowest BCUT2D eigenvalue weighted by molar-refractivity contribution is -0.119. The van der Waals surface area contributed by atoms with Crippen LogP contribution in [0.3, 0.4) is 0 Å². The number of fused-ring (bicyclic) bond motifs is 1. The number of nitrogens with one attached hydrogen (secondary N) is 1. The maximum absolute atomic E-state index is 13.5. The van der Waals surface area contributed by atoms with Gasteiger partial charge in [-0.1, -0.05) is 46.3 Å². The van der Waals surface area contributed by atoms with Crippen LogP contribution in [-0.2, 0) is 29.5 Å². The molecule has 0 fully saturated rings. The molecular formula is C28H24BrN3O. The Labute approximate surface area is 202 Å². The molecule has 0 radical (unpaired) electrons. The highest BCUT2D eigenvalue weighted by molar-refractivity contribution is 9.10. The number of nitrogens with zero attached hydrogens (tertiary/aromatic N) is 2. The van der Waals surface area contributed by atoms with Crippen LogP contribution in [0, 0.1) is 0 Å². The van der Waals surface area contributed by atoms with Crippen molar-refractivity contribution in [1.82, 2.24) is 9.97 Å². The fourth-order valence-electron chi connectivity index (χ4n) is 4.67. The highest BCUT2D eigenvalue weighted by Gasteiger charge is 2.48. The van der Waals surface area contributed by atoms with Crippen molar-refractivity contribution in [3.63, 3.8) is 0 Å². The summed E-state index contributed by atoms with van der Waals surface area (Å²) in [4.78, 5) is 22.1. The highest BCUT2D eigenvalue weighted by Crippen LogP contribution is 2.46. The van der Waals surface area contributed by atoms with E-state index in [-0.39, 0.29) is 5.91 Å². The van der Waals surface area contributed by atoms with Crippen molar-refractivity contribution >= 4 is 27.5 Å². The lowest BCUT2D eigenvalue weighted by atomic mass is 9.72. The molecule has 0 bridgehead atoms. The third-order valence-electron chi connectivity index (χ3n) is 6.38. The third-order valence-corrected chi connectivity index (χ3v) is 6.87. The molecule has 1 atom stereocenters. The van der Waals surface area contributed by atoms with Crippen LogP contribution in [0.5, 0.6) is 0 Å². The van der Waals surface area contributed by atoms with Crippen molar-refractivity contribution in [2.24, 2.45) is 0 Å². The van der Waals surface area contributed by atoms with Crippen molar-refractivity contribution in [3.8, 4) is 0 Å². The van der Waals surface area contributed by atoms with Gasteiger partial charge in [-0.3, -0.25) is 14.8 Å². The zero-order chi connectivity index (χ0) is 22.7. The number of carbonyl (C=O) groups is 1.